The van der Waals surface area contributed by atoms with Gasteiger partial charge in [0, 0.05) is 38.9 Å². The molecule has 1 N–H and O–H groups in total. The van der Waals surface area contributed by atoms with Crippen LogP contribution >= 0.6 is 11.6 Å². The van der Waals surface area contributed by atoms with Gasteiger partial charge in [0.05, 0.1) is 5.56 Å². The first-order chi connectivity index (χ1) is 11.0. The monoisotopic (exact) mass is 338 g/mol. The van der Waals surface area contributed by atoms with E-state index in [2.05, 4.69) is 24.1 Å². The summed E-state index contributed by atoms with van der Waals surface area (Å²) >= 11 is 5.75. The molecule has 1 aliphatic rings. The topological polar surface area (TPSA) is 65.5 Å². The lowest BCUT2D eigenvalue weighted by molar-refractivity contribution is 0.0762. The molecule has 2 rings (SSSR count). The molecule has 1 fully saturated rings. The van der Waals surface area contributed by atoms with Gasteiger partial charge in [-0.15, -0.1) is 0 Å². The van der Waals surface area contributed by atoms with Crippen LogP contribution < -0.4 is 5.32 Å². The van der Waals surface area contributed by atoms with Crippen LogP contribution in [0.5, 0.6) is 0 Å². The molecule has 7 heteroatoms. The summed E-state index contributed by atoms with van der Waals surface area (Å²) in [5, 5.41) is 3.29. The molecule has 3 amide bonds. The molecule has 6 nitrogen and oxygen atoms in total. The quantitative estimate of drug-likeness (QED) is 0.860. The second-order valence-electron chi connectivity index (χ2n) is 6.08. The number of nitrogens with zero attached hydrogens (tertiary/aromatic N) is 3. The van der Waals surface area contributed by atoms with E-state index in [-0.39, 0.29) is 11.9 Å². The number of rotatable bonds is 3. The standard InChI is InChI=1S/C16H23ClN4O2/c1-12(2)10-19-16(23)21-7-3-6-20(8-9-21)15(22)13-4-5-14(17)18-11-13/h4-5,11-12H,3,6-10H2,1-2H3,(H,19,23). The first kappa shape index (κ1) is 17.5. The molecule has 1 aromatic heterocycles. The van der Waals surface area contributed by atoms with Crippen LogP contribution in [-0.2, 0) is 0 Å². The van der Waals surface area contributed by atoms with Crippen molar-refractivity contribution in [2.24, 2.45) is 5.92 Å². The number of halogens is 1. The van der Waals surface area contributed by atoms with E-state index in [1.165, 1.54) is 6.20 Å². The Morgan fingerprint density at radius 1 is 1.22 bits per heavy atom. The lowest BCUT2D eigenvalue weighted by Gasteiger charge is -2.23. The minimum Gasteiger partial charge on any atom is -0.338 e. The average Bonchev–Trinajstić information content (AvgIpc) is 2.78. The van der Waals surface area contributed by atoms with Crippen LogP contribution in [0.25, 0.3) is 0 Å². The molecule has 2 heterocycles. The van der Waals surface area contributed by atoms with Gasteiger partial charge in [0.25, 0.3) is 5.91 Å². The van der Waals surface area contributed by atoms with Crippen molar-refractivity contribution in [2.75, 3.05) is 32.7 Å². The zero-order chi connectivity index (χ0) is 16.8. The molecule has 0 radical (unpaired) electrons. The van der Waals surface area contributed by atoms with Crippen LogP contribution in [0.15, 0.2) is 18.3 Å². The molecule has 1 saturated heterocycles. The molecule has 0 bridgehead atoms. The molecule has 23 heavy (non-hydrogen) atoms. The summed E-state index contributed by atoms with van der Waals surface area (Å²) < 4.78 is 0. The Balaban J connectivity index is 1.91. The number of carbonyl (C=O) groups excluding carboxylic acids is 2. The first-order valence-corrected chi connectivity index (χ1v) is 8.28. The average molecular weight is 339 g/mol. The van der Waals surface area contributed by atoms with Crippen LogP contribution in [0.1, 0.15) is 30.6 Å². The number of aromatic nitrogens is 1. The molecule has 0 atom stereocenters. The van der Waals surface area contributed by atoms with Crippen LogP contribution in [0.3, 0.4) is 0 Å². The van der Waals surface area contributed by atoms with E-state index in [0.29, 0.717) is 49.4 Å². The summed E-state index contributed by atoms with van der Waals surface area (Å²) in [5.74, 6) is 0.347. The minimum absolute atomic E-state index is 0.0545. The predicted molar refractivity (Wildman–Crippen MR) is 89.6 cm³/mol. The number of hydrogen-bond acceptors (Lipinski definition) is 3. The van der Waals surface area contributed by atoms with Gasteiger partial charge in [-0.25, -0.2) is 9.78 Å². The van der Waals surface area contributed by atoms with Crippen molar-refractivity contribution in [3.8, 4) is 0 Å². The maximum atomic E-state index is 12.5. The summed E-state index contributed by atoms with van der Waals surface area (Å²) in [6, 6.07) is 3.23. The molecule has 126 valence electrons. The Morgan fingerprint density at radius 2 is 1.91 bits per heavy atom. The van der Waals surface area contributed by atoms with Crippen molar-refractivity contribution >= 4 is 23.5 Å². The fraction of sp³-hybridized carbons (Fsp3) is 0.562. The van der Waals surface area contributed by atoms with Gasteiger partial charge in [-0.3, -0.25) is 4.79 Å². The van der Waals surface area contributed by atoms with Gasteiger partial charge in [-0.1, -0.05) is 25.4 Å². The molecule has 1 aromatic rings. The van der Waals surface area contributed by atoms with E-state index < -0.39 is 0 Å². The van der Waals surface area contributed by atoms with E-state index >= 15 is 0 Å². The molecular weight excluding hydrogens is 316 g/mol. The number of nitrogens with one attached hydrogen (secondary N) is 1. The van der Waals surface area contributed by atoms with E-state index in [1.807, 2.05) is 0 Å². The fourth-order valence-corrected chi connectivity index (χ4v) is 2.52. The van der Waals surface area contributed by atoms with E-state index in [0.717, 1.165) is 6.42 Å². The van der Waals surface area contributed by atoms with Gasteiger partial charge in [-0.05, 0) is 24.5 Å². The van der Waals surface area contributed by atoms with E-state index in [4.69, 9.17) is 11.6 Å². The third-order valence-corrected chi connectivity index (χ3v) is 3.93. The first-order valence-electron chi connectivity index (χ1n) is 7.91. The maximum absolute atomic E-state index is 12.5. The van der Waals surface area contributed by atoms with Gasteiger partial charge in [0.1, 0.15) is 5.15 Å². The van der Waals surface area contributed by atoms with Crippen LogP contribution in [0.2, 0.25) is 5.15 Å². The SMILES string of the molecule is CC(C)CNC(=O)N1CCCN(C(=O)c2ccc(Cl)nc2)CC1. The highest BCUT2D eigenvalue weighted by molar-refractivity contribution is 6.29. The second kappa shape index (κ2) is 8.15. The minimum atomic E-state index is -0.0707. The molecule has 0 aliphatic carbocycles. The van der Waals surface area contributed by atoms with Gasteiger partial charge in [0.2, 0.25) is 0 Å². The number of urea groups is 1. The number of pyridine rings is 1. The highest BCUT2D eigenvalue weighted by Gasteiger charge is 2.22. The molecule has 1 aliphatic heterocycles. The van der Waals surface area contributed by atoms with Crippen molar-refractivity contribution in [1.29, 1.82) is 0 Å². The van der Waals surface area contributed by atoms with Crippen molar-refractivity contribution < 1.29 is 9.59 Å². The maximum Gasteiger partial charge on any atom is 0.317 e. The molecule has 0 aromatic carbocycles. The van der Waals surface area contributed by atoms with Crippen molar-refractivity contribution in [3.05, 3.63) is 29.0 Å². The normalized spacial score (nSPS) is 15.5. The van der Waals surface area contributed by atoms with Gasteiger partial charge in [0.15, 0.2) is 0 Å². The van der Waals surface area contributed by atoms with Gasteiger partial charge in [-0.2, -0.15) is 0 Å². The lowest BCUT2D eigenvalue weighted by Crippen LogP contribution is -2.43. The predicted octanol–water partition coefficient (Wildman–Crippen LogP) is 2.25. The third-order valence-electron chi connectivity index (χ3n) is 3.71. The number of amides is 3. The Hall–Kier alpha value is -1.82. The van der Waals surface area contributed by atoms with Crippen LogP contribution in [-0.4, -0.2) is 59.4 Å². The van der Waals surface area contributed by atoms with Gasteiger partial charge >= 0.3 is 6.03 Å². The van der Waals surface area contributed by atoms with Crippen molar-refractivity contribution in [2.45, 2.75) is 20.3 Å². The largest absolute Gasteiger partial charge is 0.338 e. The Labute approximate surface area is 141 Å². The summed E-state index contributed by atoms with van der Waals surface area (Å²) in [4.78, 5) is 32.1. The molecule has 0 saturated carbocycles. The highest BCUT2D eigenvalue weighted by Crippen LogP contribution is 2.11. The fourth-order valence-electron chi connectivity index (χ4n) is 2.41. The summed E-state index contributed by atoms with van der Waals surface area (Å²) in [6.07, 6.45) is 2.25. The summed E-state index contributed by atoms with van der Waals surface area (Å²) in [6.45, 7) is 7.14. The van der Waals surface area contributed by atoms with Crippen LogP contribution in [0, 0.1) is 5.92 Å². The van der Waals surface area contributed by atoms with Gasteiger partial charge < -0.3 is 15.1 Å². The zero-order valence-corrected chi connectivity index (χ0v) is 14.3. The van der Waals surface area contributed by atoms with E-state index in [1.54, 1.807) is 21.9 Å². The molecule has 0 spiro atoms. The summed E-state index contributed by atoms with van der Waals surface area (Å²) in [7, 11) is 0. The smallest absolute Gasteiger partial charge is 0.317 e. The number of carbonyl (C=O) groups is 2. The van der Waals surface area contributed by atoms with Crippen molar-refractivity contribution in [3.63, 3.8) is 0 Å². The van der Waals surface area contributed by atoms with E-state index in [9.17, 15) is 9.59 Å². The molecule has 0 unspecified atom stereocenters. The third kappa shape index (κ3) is 5.10. The lowest BCUT2D eigenvalue weighted by atomic mass is 10.2. The van der Waals surface area contributed by atoms with Crippen LogP contribution in [0.4, 0.5) is 4.79 Å². The number of hydrogen-bond donors (Lipinski definition) is 1. The van der Waals surface area contributed by atoms with Crippen molar-refractivity contribution in [1.82, 2.24) is 20.1 Å². The second-order valence-corrected chi connectivity index (χ2v) is 6.47. The summed E-state index contributed by atoms with van der Waals surface area (Å²) in [5.41, 5.74) is 0.520. The highest BCUT2D eigenvalue weighted by atomic mass is 35.5. The Kier molecular flexibility index (Phi) is 6.21. The Bertz CT molecular complexity index is 548. The Morgan fingerprint density at radius 3 is 2.57 bits per heavy atom. The molecular formula is C16H23ClN4O2. The zero-order valence-electron chi connectivity index (χ0n) is 13.6.